The zero-order valence-electron chi connectivity index (χ0n) is 9.22. The van der Waals surface area contributed by atoms with E-state index in [1.165, 1.54) is 6.20 Å². The van der Waals surface area contributed by atoms with E-state index in [9.17, 15) is 9.18 Å². The van der Waals surface area contributed by atoms with Crippen molar-refractivity contribution in [1.29, 1.82) is 0 Å². The van der Waals surface area contributed by atoms with E-state index >= 15 is 0 Å². The fourth-order valence-corrected chi connectivity index (χ4v) is 1.89. The summed E-state index contributed by atoms with van der Waals surface area (Å²) >= 11 is 0. The number of aromatic nitrogens is 3. The van der Waals surface area contributed by atoms with Crippen molar-refractivity contribution in [3.05, 3.63) is 48.2 Å². The number of carbonyl (C=O) groups is 1. The first kappa shape index (κ1) is 10.6. The van der Waals surface area contributed by atoms with E-state index in [0.29, 0.717) is 34.0 Å². The third kappa shape index (κ3) is 1.57. The third-order valence-electron chi connectivity index (χ3n) is 2.77. The van der Waals surface area contributed by atoms with Gasteiger partial charge < -0.3 is 0 Å². The van der Waals surface area contributed by atoms with Gasteiger partial charge in [-0.3, -0.25) is 9.89 Å². The molecule has 2 heterocycles. The summed E-state index contributed by atoms with van der Waals surface area (Å²) < 4.78 is 13.6. The first-order valence-electron chi connectivity index (χ1n) is 5.34. The van der Waals surface area contributed by atoms with Gasteiger partial charge in [-0.2, -0.15) is 9.49 Å². The SMILES string of the molecule is O=Cc1[nH]nc2ccc(-c3cccnc3F)cc12. The van der Waals surface area contributed by atoms with E-state index in [0.717, 1.165) is 0 Å². The number of benzene rings is 1. The molecule has 0 saturated heterocycles. The minimum atomic E-state index is -0.534. The number of H-pyrrole nitrogens is 1. The Kier molecular flexibility index (Phi) is 2.37. The summed E-state index contributed by atoms with van der Waals surface area (Å²) in [7, 11) is 0. The van der Waals surface area contributed by atoms with Crippen molar-refractivity contribution < 1.29 is 9.18 Å². The summed E-state index contributed by atoms with van der Waals surface area (Å²) in [5.41, 5.74) is 2.12. The highest BCUT2D eigenvalue weighted by atomic mass is 19.1. The monoisotopic (exact) mass is 241 g/mol. The number of fused-ring (bicyclic) bond motifs is 1. The van der Waals surface area contributed by atoms with Crippen molar-refractivity contribution in [2.24, 2.45) is 0 Å². The molecule has 0 aliphatic rings. The Morgan fingerprint density at radius 3 is 2.94 bits per heavy atom. The normalized spacial score (nSPS) is 10.7. The van der Waals surface area contributed by atoms with E-state index in [4.69, 9.17) is 0 Å². The zero-order valence-corrected chi connectivity index (χ0v) is 9.22. The number of carbonyl (C=O) groups excluding carboxylic acids is 1. The van der Waals surface area contributed by atoms with Crippen LogP contribution in [0.15, 0.2) is 36.5 Å². The second kappa shape index (κ2) is 4.03. The largest absolute Gasteiger partial charge is 0.296 e. The molecule has 1 aromatic carbocycles. The van der Waals surface area contributed by atoms with Crippen LogP contribution in [-0.2, 0) is 0 Å². The van der Waals surface area contributed by atoms with E-state index in [-0.39, 0.29) is 0 Å². The number of aromatic amines is 1. The molecule has 5 heteroatoms. The van der Waals surface area contributed by atoms with Crippen LogP contribution in [0.2, 0.25) is 0 Å². The number of pyridine rings is 1. The lowest BCUT2D eigenvalue weighted by molar-refractivity contribution is 0.112. The minimum Gasteiger partial charge on any atom is -0.296 e. The van der Waals surface area contributed by atoms with Crippen molar-refractivity contribution in [2.75, 3.05) is 0 Å². The number of rotatable bonds is 2. The summed E-state index contributed by atoms with van der Waals surface area (Å²) in [6.45, 7) is 0. The Morgan fingerprint density at radius 1 is 1.28 bits per heavy atom. The zero-order chi connectivity index (χ0) is 12.5. The fourth-order valence-electron chi connectivity index (χ4n) is 1.89. The highest BCUT2D eigenvalue weighted by Crippen LogP contribution is 2.25. The Morgan fingerprint density at radius 2 is 2.17 bits per heavy atom. The van der Waals surface area contributed by atoms with Crippen molar-refractivity contribution in [1.82, 2.24) is 15.2 Å². The first-order valence-corrected chi connectivity index (χ1v) is 5.34. The maximum Gasteiger partial charge on any atom is 0.220 e. The third-order valence-corrected chi connectivity index (χ3v) is 2.77. The molecule has 0 amide bonds. The molecule has 0 radical (unpaired) electrons. The second-order valence-electron chi connectivity index (χ2n) is 3.83. The van der Waals surface area contributed by atoms with Gasteiger partial charge in [-0.1, -0.05) is 6.07 Å². The predicted molar refractivity (Wildman–Crippen MR) is 64.7 cm³/mol. The first-order chi connectivity index (χ1) is 8.79. The molecule has 0 fully saturated rings. The molecule has 0 aliphatic carbocycles. The molecule has 3 rings (SSSR count). The molecule has 0 saturated carbocycles. The van der Waals surface area contributed by atoms with Crippen molar-refractivity contribution in [3.8, 4) is 11.1 Å². The van der Waals surface area contributed by atoms with Crippen LogP contribution in [0.4, 0.5) is 4.39 Å². The Bertz CT molecular complexity index is 736. The van der Waals surface area contributed by atoms with Crippen LogP contribution in [0.25, 0.3) is 22.0 Å². The number of halogens is 1. The summed E-state index contributed by atoms with van der Waals surface area (Å²) in [6, 6.07) is 8.52. The average molecular weight is 241 g/mol. The van der Waals surface area contributed by atoms with Crippen LogP contribution in [0.3, 0.4) is 0 Å². The maximum atomic E-state index is 13.6. The summed E-state index contributed by atoms with van der Waals surface area (Å²) in [6.07, 6.45) is 2.09. The molecule has 88 valence electrons. The Balaban J connectivity index is 2.24. The molecule has 3 aromatic rings. The minimum absolute atomic E-state index is 0.385. The van der Waals surface area contributed by atoms with Gasteiger partial charge >= 0.3 is 0 Å². The van der Waals surface area contributed by atoms with Crippen LogP contribution in [0, 0.1) is 5.95 Å². The van der Waals surface area contributed by atoms with Crippen LogP contribution in [0.5, 0.6) is 0 Å². The van der Waals surface area contributed by atoms with Gasteiger partial charge in [0.05, 0.1) is 5.52 Å². The van der Waals surface area contributed by atoms with Crippen LogP contribution in [0.1, 0.15) is 10.5 Å². The van der Waals surface area contributed by atoms with Gasteiger partial charge in [0.2, 0.25) is 5.95 Å². The molecule has 0 spiro atoms. The standard InChI is InChI=1S/C13H8FN3O/c14-13-9(2-1-5-15-13)8-3-4-11-10(6-8)12(7-18)17-16-11/h1-7H,(H,16,17). The molecule has 1 N–H and O–H groups in total. The van der Waals surface area contributed by atoms with Crippen molar-refractivity contribution in [2.45, 2.75) is 0 Å². The van der Waals surface area contributed by atoms with Crippen LogP contribution < -0.4 is 0 Å². The lowest BCUT2D eigenvalue weighted by Crippen LogP contribution is -1.87. The quantitative estimate of drug-likeness (QED) is 0.554. The van der Waals surface area contributed by atoms with Crippen LogP contribution in [-0.4, -0.2) is 21.5 Å². The Labute approximate surface area is 101 Å². The number of nitrogens with one attached hydrogen (secondary N) is 1. The van der Waals surface area contributed by atoms with Gasteiger partial charge in [-0.05, 0) is 29.8 Å². The van der Waals surface area contributed by atoms with E-state index in [1.54, 1.807) is 30.3 Å². The Hall–Kier alpha value is -2.56. The average Bonchev–Trinajstić information content (AvgIpc) is 2.81. The molecule has 2 aromatic heterocycles. The van der Waals surface area contributed by atoms with Gasteiger partial charge in [-0.25, -0.2) is 4.98 Å². The molecule has 0 bridgehead atoms. The van der Waals surface area contributed by atoms with Gasteiger partial charge in [0, 0.05) is 17.1 Å². The molecule has 18 heavy (non-hydrogen) atoms. The highest BCUT2D eigenvalue weighted by Gasteiger charge is 2.09. The van der Waals surface area contributed by atoms with E-state index in [1.807, 2.05) is 0 Å². The van der Waals surface area contributed by atoms with Gasteiger partial charge in [0.25, 0.3) is 0 Å². The van der Waals surface area contributed by atoms with Crippen molar-refractivity contribution >= 4 is 17.2 Å². The second-order valence-corrected chi connectivity index (χ2v) is 3.83. The molecule has 0 unspecified atom stereocenters. The smallest absolute Gasteiger partial charge is 0.220 e. The summed E-state index contributed by atoms with van der Waals surface area (Å²) in [5, 5.41) is 7.28. The van der Waals surface area contributed by atoms with Crippen molar-refractivity contribution in [3.63, 3.8) is 0 Å². The fraction of sp³-hybridized carbons (Fsp3) is 0. The van der Waals surface area contributed by atoms with E-state index in [2.05, 4.69) is 15.2 Å². The van der Waals surface area contributed by atoms with Gasteiger partial charge in [0.1, 0.15) is 5.69 Å². The van der Waals surface area contributed by atoms with Crippen LogP contribution >= 0.6 is 0 Å². The number of nitrogens with zero attached hydrogens (tertiary/aromatic N) is 2. The predicted octanol–water partition coefficient (Wildman–Crippen LogP) is 2.58. The summed E-state index contributed by atoms with van der Waals surface area (Å²) in [4.78, 5) is 14.4. The number of hydrogen-bond donors (Lipinski definition) is 1. The summed E-state index contributed by atoms with van der Waals surface area (Å²) in [5.74, 6) is -0.534. The van der Waals surface area contributed by atoms with E-state index < -0.39 is 5.95 Å². The lowest BCUT2D eigenvalue weighted by Gasteiger charge is -2.02. The lowest BCUT2D eigenvalue weighted by atomic mass is 10.0. The number of hydrogen-bond acceptors (Lipinski definition) is 3. The molecular formula is C13H8FN3O. The van der Waals surface area contributed by atoms with Gasteiger partial charge in [0.15, 0.2) is 6.29 Å². The molecular weight excluding hydrogens is 233 g/mol. The molecule has 0 atom stereocenters. The van der Waals surface area contributed by atoms with Gasteiger partial charge in [-0.15, -0.1) is 0 Å². The topological polar surface area (TPSA) is 58.6 Å². The highest BCUT2D eigenvalue weighted by molar-refractivity contribution is 5.96. The molecule has 0 aliphatic heterocycles. The maximum absolute atomic E-state index is 13.6. The molecule has 4 nitrogen and oxygen atoms in total. The number of aldehydes is 1.